The van der Waals surface area contributed by atoms with Crippen molar-refractivity contribution in [1.29, 1.82) is 0 Å². The number of nitrogens with zero attached hydrogens (tertiary/aromatic N) is 1. The molecule has 0 aliphatic carbocycles. The molecular weight excluding hydrogens is 751 g/mol. The quantitative estimate of drug-likeness (QED) is 0.0283. The molecule has 0 saturated carbocycles. The molecule has 0 heterocycles. The molecule has 1 N–H and O–H groups in total. The number of carbonyl (C=O) groups is 3. The third kappa shape index (κ3) is 40.2. The average Bonchev–Trinajstić information content (AvgIpc) is 3.21. The van der Waals surface area contributed by atoms with Crippen molar-refractivity contribution in [2.24, 2.45) is 0 Å². The predicted molar refractivity (Wildman–Crippen MR) is 252 cm³/mol. The summed E-state index contributed by atoms with van der Waals surface area (Å²) in [6.45, 7) is 4.57. The first-order valence-electron chi connectivity index (χ1n) is 24.0. The Hall–Kier alpha value is -3.23. The van der Waals surface area contributed by atoms with Crippen LogP contribution in [-0.4, -0.2) is 80.6 Å². The first-order chi connectivity index (χ1) is 29.1. The summed E-state index contributed by atoms with van der Waals surface area (Å²) in [4.78, 5) is 37.1. The number of likely N-dealkylation sites (N-methyl/N-ethyl adjacent to an activating group) is 1. The highest BCUT2D eigenvalue weighted by Gasteiger charge is 2.31. The van der Waals surface area contributed by atoms with Crippen molar-refractivity contribution in [1.82, 2.24) is 0 Å². The van der Waals surface area contributed by atoms with E-state index < -0.39 is 18.1 Å². The minimum absolute atomic E-state index is 0.0501. The lowest BCUT2D eigenvalue weighted by Gasteiger charge is -2.31. The van der Waals surface area contributed by atoms with Crippen molar-refractivity contribution in [3.05, 3.63) is 72.9 Å². The maximum atomic E-state index is 12.8. The van der Waals surface area contributed by atoms with Crippen LogP contribution in [0.1, 0.15) is 187 Å². The highest BCUT2D eigenvalue weighted by Crippen LogP contribution is 2.14. The Balaban J connectivity index is 4.33. The van der Waals surface area contributed by atoms with Gasteiger partial charge in [0.1, 0.15) is 6.61 Å². The average molecular weight is 841 g/mol. The van der Waals surface area contributed by atoms with E-state index in [1.54, 1.807) is 0 Å². The number of carboxylic acid groups (broad SMARTS) is 1. The first kappa shape index (κ1) is 56.8. The number of allylic oxidation sites excluding steroid dienone is 12. The highest BCUT2D eigenvalue weighted by molar-refractivity contribution is 5.72. The maximum absolute atomic E-state index is 12.8. The number of carboxylic acids is 1. The molecule has 0 radical (unpaired) electrons. The van der Waals surface area contributed by atoms with Crippen molar-refractivity contribution >= 4 is 17.9 Å². The lowest BCUT2D eigenvalue weighted by Crippen LogP contribution is -2.50. The number of quaternary nitrogens is 1. The van der Waals surface area contributed by atoms with E-state index in [1.165, 1.54) is 57.8 Å². The van der Waals surface area contributed by atoms with Crippen molar-refractivity contribution < 1.29 is 38.2 Å². The lowest BCUT2D eigenvalue weighted by atomic mass is 10.1. The number of rotatable bonds is 42. The summed E-state index contributed by atoms with van der Waals surface area (Å²) >= 11 is 0. The third-order valence-corrected chi connectivity index (χ3v) is 10.3. The smallest absolute Gasteiger partial charge is 0.362 e. The number of carbonyl (C=O) groups excluding carboxylic acids is 2. The maximum Gasteiger partial charge on any atom is 0.362 e. The predicted octanol–water partition coefficient (Wildman–Crippen LogP) is 13.5. The molecule has 0 amide bonds. The minimum Gasteiger partial charge on any atom is -0.477 e. The van der Waals surface area contributed by atoms with E-state index in [0.29, 0.717) is 19.3 Å². The Morgan fingerprint density at radius 2 is 0.933 bits per heavy atom. The zero-order chi connectivity index (χ0) is 44.2. The molecule has 2 atom stereocenters. The van der Waals surface area contributed by atoms with Gasteiger partial charge in [0.15, 0.2) is 12.1 Å². The second kappa shape index (κ2) is 42.5. The van der Waals surface area contributed by atoms with Crippen LogP contribution in [0.2, 0.25) is 0 Å². The van der Waals surface area contributed by atoms with Gasteiger partial charge >= 0.3 is 17.9 Å². The van der Waals surface area contributed by atoms with Crippen LogP contribution in [-0.2, 0) is 28.6 Å². The molecule has 0 rings (SSSR count). The van der Waals surface area contributed by atoms with Gasteiger partial charge in [0.2, 0.25) is 0 Å². The third-order valence-electron chi connectivity index (χ3n) is 10.3. The van der Waals surface area contributed by atoms with E-state index in [2.05, 4.69) is 86.8 Å². The van der Waals surface area contributed by atoms with Crippen LogP contribution >= 0.6 is 0 Å². The summed E-state index contributed by atoms with van der Waals surface area (Å²) in [6.07, 6.45) is 53.7. The standard InChI is InChI=1S/C52H89NO7/c1-6-8-10-12-14-16-18-20-22-23-24-25-26-27-29-31-33-35-37-39-41-43-51(55)60-48(46-58-45-44-49(52(56)57)53(3,4)5)47-59-50(54)42-40-38-36-34-32-30-28-21-19-17-15-13-11-9-7-2/h8,10,14-17,20-22,24-25,28,48-49H,6-7,9,11-13,18-19,23,26-27,29-47H2,1-5H3/p+1/b10-8-,16-14-,17-15-,22-20-,25-24-,28-21-. The van der Waals surface area contributed by atoms with E-state index in [0.717, 1.165) is 96.3 Å². The van der Waals surface area contributed by atoms with Crippen LogP contribution in [0.3, 0.4) is 0 Å². The topological polar surface area (TPSA) is 99.1 Å². The summed E-state index contributed by atoms with van der Waals surface area (Å²) < 4.78 is 17.3. The molecule has 0 spiro atoms. The summed E-state index contributed by atoms with van der Waals surface area (Å²) in [5, 5.41) is 9.64. The van der Waals surface area contributed by atoms with Crippen molar-refractivity contribution in [3.8, 4) is 0 Å². The van der Waals surface area contributed by atoms with Gasteiger partial charge in [0, 0.05) is 19.3 Å². The van der Waals surface area contributed by atoms with Crippen LogP contribution < -0.4 is 0 Å². The molecular formula is C52H90NO7+. The fourth-order valence-corrected chi connectivity index (χ4v) is 6.64. The van der Waals surface area contributed by atoms with Gasteiger partial charge in [0.25, 0.3) is 0 Å². The molecule has 0 bridgehead atoms. The molecule has 0 aromatic heterocycles. The number of unbranched alkanes of at least 4 members (excludes halogenated alkanes) is 16. The molecule has 0 aromatic carbocycles. The Kier molecular flexibility index (Phi) is 40.2. The van der Waals surface area contributed by atoms with Gasteiger partial charge in [-0.15, -0.1) is 0 Å². The van der Waals surface area contributed by atoms with Crippen LogP contribution in [0.4, 0.5) is 0 Å². The van der Waals surface area contributed by atoms with Crippen LogP contribution in [0, 0.1) is 0 Å². The second-order valence-corrected chi connectivity index (χ2v) is 17.0. The van der Waals surface area contributed by atoms with Crippen LogP contribution in [0.5, 0.6) is 0 Å². The lowest BCUT2D eigenvalue weighted by molar-refractivity contribution is -0.887. The Bertz CT molecular complexity index is 1210. The molecule has 2 unspecified atom stereocenters. The first-order valence-corrected chi connectivity index (χ1v) is 24.0. The fourth-order valence-electron chi connectivity index (χ4n) is 6.64. The molecule has 8 heteroatoms. The second-order valence-electron chi connectivity index (χ2n) is 17.0. The molecule has 60 heavy (non-hydrogen) atoms. The molecule has 0 aromatic rings. The largest absolute Gasteiger partial charge is 0.477 e. The van der Waals surface area contributed by atoms with E-state index in [9.17, 15) is 19.5 Å². The zero-order valence-corrected chi connectivity index (χ0v) is 39.1. The highest BCUT2D eigenvalue weighted by atomic mass is 16.6. The van der Waals surface area contributed by atoms with Gasteiger partial charge in [0.05, 0.1) is 34.4 Å². The van der Waals surface area contributed by atoms with Gasteiger partial charge < -0.3 is 23.8 Å². The Morgan fingerprint density at radius 3 is 1.38 bits per heavy atom. The van der Waals surface area contributed by atoms with Crippen molar-refractivity contribution in [2.45, 2.75) is 199 Å². The van der Waals surface area contributed by atoms with E-state index in [4.69, 9.17) is 14.2 Å². The summed E-state index contributed by atoms with van der Waals surface area (Å²) in [5.74, 6) is -1.50. The van der Waals surface area contributed by atoms with Crippen molar-refractivity contribution in [3.63, 3.8) is 0 Å². The van der Waals surface area contributed by atoms with Crippen LogP contribution in [0.15, 0.2) is 72.9 Å². The Labute approximate surface area is 368 Å². The zero-order valence-electron chi connectivity index (χ0n) is 39.1. The van der Waals surface area contributed by atoms with Gasteiger partial charge in [-0.2, -0.15) is 0 Å². The summed E-state index contributed by atoms with van der Waals surface area (Å²) in [7, 11) is 5.52. The van der Waals surface area contributed by atoms with E-state index in [-0.39, 0.29) is 36.2 Å². The summed E-state index contributed by atoms with van der Waals surface area (Å²) in [6, 6.07) is -0.622. The van der Waals surface area contributed by atoms with Gasteiger partial charge in [-0.3, -0.25) is 9.59 Å². The Morgan fingerprint density at radius 1 is 0.517 bits per heavy atom. The molecule has 0 aliphatic heterocycles. The fraction of sp³-hybridized carbons (Fsp3) is 0.712. The number of aliphatic carboxylic acids is 1. The summed E-state index contributed by atoms with van der Waals surface area (Å²) in [5.41, 5.74) is 0. The van der Waals surface area contributed by atoms with E-state index >= 15 is 0 Å². The SMILES string of the molecule is CC/C=C\C/C=C\C/C=C\C/C=C\CCCCCCCCCCC(=O)OC(COCCC(C(=O)O)[N+](C)(C)C)COC(=O)CCCCCCC/C=C\C/C=C\CCCCC. The molecule has 0 fully saturated rings. The number of hydrogen-bond acceptors (Lipinski definition) is 6. The van der Waals surface area contributed by atoms with Gasteiger partial charge in [-0.1, -0.05) is 157 Å². The monoisotopic (exact) mass is 841 g/mol. The van der Waals surface area contributed by atoms with Gasteiger partial charge in [-0.25, -0.2) is 4.79 Å². The van der Waals surface area contributed by atoms with Gasteiger partial charge in [-0.05, 0) is 83.5 Å². The number of esters is 2. The van der Waals surface area contributed by atoms with Crippen molar-refractivity contribution in [2.75, 3.05) is 41.0 Å². The van der Waals surface area contributed by atoms with Crippen LogP contribution in [0.25, 0.3) is 0 Å². The number of hydrogen-bond donors (Lipinski definition) is 1. The molecule has 0 aliphatic rings. The normalized spacial score (nSPS) is 13.6. The van der Waals surface area contributed by atoms with E-state index in [1.807, 2.05) is 21.1 Å². The number of ether oxygens (including phenoxy) is 3. The molecule has 344 valence electrons. The molecule has 0 saturated heterocycles. The molecule has 8 nitrogen and oxygen atoms in total. The minimum atomic E-state index is -0.881.